The maximum atomic E-state index is 12.0. The Balaban J connectivity index is 2.04. The monoisotopic (exact) mass is 353 g/mol. The van der Waals surface area contributed by atoms with Gasteiger partial charge in [-0.25, -0.2) is 13.1 Å². The van der Waals surface area contributed by atoms with Crippen LogP contribution in [0.15, 0.2) is 20.1 Å². The maximum absolute atomic E-state index is 12.0. The molecule has 1 aromatic heterocycles. The molecule has 18 heavy (non-hydrogen) atoms. The summed E-state index contributed by atoms with van der Waals surface area (Å²) in [6, 6.07) is 2.92. The van der Waals surface area contributed by atoms with Gasteiger partial charge >= 0.3 is 5.97 Å². The van der Waals surface area contributed by atoms with E-state index in [0.717, 1.165) is 15.1 Å². The highest BCUT2D eigenvalue weighted by molar-refractivity contribution is 9.11. The van der Waals surface area contributed by atoms with Gasteiger partial charge in [0.1, 0.15) is 4.21 Å². The van der Waals surface area contributed by atoms with E-state index in [2.05, 4.69) is 20.7 Å². The Morgan fingerprint density at radius 2 is 2.17 bits per heavy atom. The van der Waals surface area contributed by atoms with Crippen LogP contribution < -0.4 is 4.72 Å². The summed E-state index contributed by atoms with van der Waals surface area (Å²) in [5, 5.41) is 8.87. The van der Waals surface area contributed by atoms with E-state index < -0.39 is 21.9 Å². The average molecular weight is 354 g/mol. The van der Waals surface area contributed by atoms with Gasteiger partial charge in [0, 0.05) is 6.04 Å². The molecule has 0 amide bonds. The van der Waals surface area contributed by atoms with Gasteiger partial charge in [0.15, 0.2) is 0 Å². The predicted molar refractivity (Wildman–Crippen MR) is 71.1 cm³/mol. The number of carboxylic acids is 1. The molecule has 2 rings (SSSR count). The van der Waals surface area contributed by atoms with E-state index in [1.807, 2.05) is 0 Å². The summed E-state index contributed by atoms with van der Waals surface area (Å²) in [6.07, 6.45) is 1.46. The molecule has 8 heteroatoms. The molecule has 100 valence electrons. The van der Waals surface area contributed by atoms with Crippen molar-refractivity contribution in [2.75, 3.05) is 0 Å². The lowest BCUT2D eigenvalue weighted by Crippen LogP contribution is -2.32. The zero-order valence-corrected chi connectivity index (χ0v) is 12.5. The first kappa shape index (κ1) is 14.0. The fourth-order valence-electron chi connectivity index (χ4n) is 2.03. The van der Waals surface area contributed by atoms with Gasteiger partial charge in [-0.1, -0.05) is 0 Å². The predicted octanol–water partition coefficient (Wildman–Crippen LogP) is 2.04. The summed E-state index contributed by atoms with van der Waals surface area (Å²) in [5.74, 6) is -1.29. The smallest absolute Gasteiger partial charge is 0.306 e. The highest BCUT2D eigenvalue weighted by Gasteiger charge is 2.32. The quantitative estimate of drug-likeness (QED) is 0.867. The third-order valence-electron chi connectivity index (χ3n) is 2.92. The van der Waals surface area contributed by atoms with Crippen LogP contribution in [-0.4, -0.2) is 25.5 Å². The Kier molecular flexibility index (Phi) is 4.10. The Bertz CT molecular complexity index is 554. The van der Waals surface area contributed by atoms with Crippen molar-refractivity contribution >= 4 is 43.3 Å². The first-order valence-electron chi connectivity index (χ1n) is 5.39. The van der Waals surface area contributed by atoms with E-state index in [-0.39, 0.29) is 10.3 Å². The molecular weight excluding hydrogens is 342 g/mol. The van der Waals surface area contributed by atoms with Crippen molar-refractivity contribution in [2.24, 2.45) is 5.92 Å². The molecule has 0 bridgehead atoms. The maximum Gasteiger partial charge on any atom is 0.306 e. The van der Waals surface area contributed by atoms with Gasteiger partial charge in [-0.3, -0.25) is 4.79 Å². The van der Waals surface area contributed by atoms with Gasteiger partial charge < -0.3 is 5.11 Å². The van der Waals surface area contributed by atoms with Crippen LogP contribution in [0.5, 0.6) is 0 Å². The van der Waals surface area contributed by atoms with Crippen molar-refractivity contribution in [3.8, 4) is 0 Å². The molecule has 1 saturated carbocycles. The number of aliphatic carboxylic acids is 1. The molecule has 0 unspecified atom stereocenters. The van der Waals surface area contributed by atoms with Gasteiger partial charge in [0.25, 0.3) is 0 Å². The topological polar surface area (TPSA) is 83.5 Å². The van der Waals surface area contributed by atoms with Crippen molar-refractivity contribution < 1.29 is 18.3 Å². The standard InChI is InChI=1S/C10H12BrNO4S2/c11-8-3-4-9(17-8)18(15,16)12-7-2-1-6(5-7)10(13)14/h3-4,6-7,12H,1-2,5H2,(H,13,14)/t6-,7+/m1/s1. The van der Waals surface area contributed by atoms with Crippen molar-refractivity contribution in [1.29, 1.82) is 0 Å². The van der Waals surface area contributed by atoms with E-state index in [4.69, 9.17) is 5.11 Å². The number of hydrogen-bond acceptors (Lipinski definition) is 4. The molecule has 0 saturated heterocycles. The first-order chi connectivity index (χ1) is 8.38. The molecule has 0 aliphatic heterocycles. The van der Waals surface area contributed by atoms with E-state index in [1.54, 1.807) is 6.07 Å². The van der Waals surface area contributed by atoms with Crippen LogP contribution in [0.4, 0.5) is 0 Å². The highest BCUT2D eigenvalue weighted by atomic mass is 79.9. The SMILES string of the molecule is O=C(O)[C@@H]1CC[C@H](NS(=O)(=O)c2ccc(Br)s2)C1. The van der Waals surface area contributed by atoms with Crippen LogP contribution in [0, 0.1) is 5.92 Å². The van der Waals surface area contributed by atoms with E-state index in [0.29, 0.717) is 19.3 Å². The lowest BCUT2D eigenvalue weighted by atomic mass is 10.1. The number of hydrogen-bond donors (Lipinski definition) is 2. The number of thiophene rings is 1. The van der Waals surface area contributed by atoms with Gasteiger partial charge in [-0.05, 0) is 47.3 Å². The van der Waals surface area contributed by atoms with E-state index in [9.17, 15) is 13.2 Å². The van der Waals surface area contributed by atoms with Crippen molar-refractivity contribution in [2.45, 2.75) is 29.5 Å². The molecule has 1 aliphatic rings. The second-order valence-corrected chi connectivity index (χ2v) is 8.63. The van der Waals surface area contributed by atoms with E-state index in [1.165, 1.54) is 6.07 Å². The Morgan fingerprint density at radius 1 is 1.44 bits per heavy atom. The van der Waals surface area contributed by atoms with Crippen LogP contribution in [0.25, 0.3) is 0 Å². The summed E-state index contributed by atoms with van der Waals surface area (Å²) < 4.78 is 27.6. The molecule has 2 atom stereocenters. The number of carbonyl (C=O) groups is 1. The molecule has 2 N–H and O–H groups in total. The number of nitrogens with one attached hydrogen (secondary N) is 1. The first-order valence-corrected chi connectivity index (χ1v) is 8.48. The Hall–Kier alpha value is -0.440. The van der Waals surface area contributed by atoms with Gasteiger partial charge in [0.2, 0.25) is 10.0 Å². The third kappa shape index (κ3) is 3.11. The second-order valence-electron chi connectivity index (χ2n) is 4.22. The number of sulfonamides is 1. The molecule has 0 spiro atoms. The minimum atomic E-state index is -3.53. The van der Waals surface area contributed by atoms with Crippen molar-refractivity contribution in [3.05, 3.63) is 15.9 Å². The number of halogens is 1. The number of rotatable bonds is 4. The Morgan fingerprint density at radius 3 is 2.67 bits per heavy atom. The molecule has 0 aromatic carbocycles. The summed E-state index contributed by atoms with van der Waals surface area (Å²) >= 11 is 4.35. The second kappa shape index (κ2) is 5.28. The lowest BCUT2D eigenvalue weighted by molar-refractivity contribution is -0.141. The molecule has 1 fully saturated rings. The van der Waals surface area contributed by atoms with Gasteiger partial charge in [-0.2, -0.15) is 0 Å². The fourth-order valence-corrected chi connectivity index (χ4v) is 5.34. The molecule has 5 nitrogen and oxygen atoms in total. The Labute approximate surface area is 117 Å². The molecule has 1 heterocycles. The fraction of sp³-hybridized carbons (Fsp3) is 0.500. The summed E-state index contributed by atoms with van der Waals surface area (Å²) in [4.78, 5) is 10.8. The number of carboxylic acid groups (broad SMARTS) is 1. The van der Waals surface area contributed by atoms with Gasteiger partial charge in [-0.15, -0.1) is 11.3 Å². The van der Waals surface area contributed by atoms with Crippen molar-refractivity contribution in [3.63, 3.8) is 0 Å². The van der Waals surface area contributed by atoms with Crippen molar-refractivity contribution in [1.82, 2.24) is 4.72 Å². The van der Waals surface area contributed by atoms with Crippen LogP contribution in [0.3, 0.4) is 0 Å². The van der Waals surface area contributed by atoms with Crippen LogP contribution in [0.2, 0.25) is 0 Å². The van der Waals surface area contributed by atoms with Gasteiger partial charge in [0.05, 0.1) is 9.70 Å². The normalized spacial score (nSPS) is 24.3. The summed E-state index contributed by atoms with van der Waals surface area (Å²) in [6.45, 7) is 0. The lowest BCUT2D eigenvalue weighted by Gasteiger charge is -2.11. The molecule has 1 aliphatic carbocycles. The zero-order valence-electron chi connectivity index (χ0n) is 9.30. The van der Waals surface area contributed by atoms with Crippen LogP contribution in [-0.2, 0) is 14.8 Å². The van der Waals surface area contributed by atoms with Crippen LogP contribution >= 0.6 is 27.3 Å². The largest absolute Gasteiger partial charge is 0.481 e. The summed E-state index contributed by atoms with van der Waals surface area (Å²) in [7, 11) is -3.53. The molecular formula is C10H12BrNO4S2. The summed E-state index contributed by atoms with van der Waals surface area (Å²) in [5.41, 5.74) is 0. The highest BCUT2D eigenvalue weighted by Crippen LogP contribution is 2.29. The minimum Gasteiger partial charge on any atom is -0.481 e. The molecule has 0 radical (unpaired) electrons. The zero-order chi connectivity index (χ0) is 13.3. The minimum absolute atomic E-state index is 0.244. The third-order valence-corrected chi connectivity index (χ3v) is 6.55. The average Bonchev–Trinajstić information content (AvgIpc) is 2.86. The molecule has 1 aromatic rings. The van der Waals surface area contributed by atoms with Crippen LogP contribution in [0.1, 0.15) is 19.3 Å². The van der Waals surface area contributed by atoms with E-state index >= 15 is 0 Å².